The van der Waals surface area contributed by atoms with Crippen molar-refractivity contribution < 1.29 is 9.59 Å². The highest BCUT2D eigenvalue weighted by Crippen LogP contribution is 2.22. The molecule has 1 aromatic carbocycles. The second-order valence-corrected chi connectivity index (χ2v) is 6.65. The van der Waals surface area contributed by atoms with Crippen molar-refractivity contribution in [3.63, 3.8) is 0 Å². The summed E-state index contributed by atoms with van der Waals surface area (Å²) in [6.07, 6.45) is 3.49. The van der Waals surface area contributed by atoms with E-state index in [0.717, 1.165) is 35.5 Å². The van der Waals surface area contributed by atoms with Gasteiger partial charge in [-0.1, -0.05) is 18.2 Å². The second kappa shape index (κ2) is 7.56. The Kier molecular flexibility index (Phi) is 5.21. The van der Waals surface area contributed by atoms with Crippen molar-refractivity contribution in [2.75, 3.05) is 13.1 Å². The minimum atomic E-state index is -0.684. The normalized spacial score (nSPS) is 14.2. The Morgan fingerprint density at radius 1 is 1.12 bits per heavy atom. The number of likely N-dealkylation sites (tertiary alicyclic amines) is 1. The standard InChI is InChI=1S/C20H24N4O2/c1-14-8-4-5-9-18(14)24-15(2)12-17(16(24)3)13-21-22-19(25)20(26)23-10-6-7-11-23/h4-5,8-9,12-13H,6-7,10-11H2,1-3H3,(H,22,25)/b21-13-. The van der Waals surface area contributed by atoms with Crippen LogP contribution in [0.3, 0.4) is 0 Å². The van der Waals surface area contributed by atoms with Crippen molar-refractivity contribution in [3.05, 3.63) is 52.8 Å². The number of amides is 2. The van der Waals surface area contributed by atoms with Gasteiger partial charge in [0.25, 0.3) is 0 Å². The first-order chi connectivity index (χ1) is 12.5. The van der Waals surface area contributed by atoms with Crippen molar-refractivity contribution in [1.29, 1.82) is 0 Å². The maximum atomic E-state index is 12.0. The molecule has 6 heteroatoms. The molecule has 0 unspecified atom stereocenters. The Morgan fingerprint density at radius 3 is 2.50 bits per heavy atom. The van der Waals surface area contributed by atoms with E-state index in [2.05, 4.69) is 34.2 Å². The molecule has 1 N–H and O–H groups in total. The van der Waals surface area contributed by atoms with E-state index in [-0.39, 0.29) is 0 Å². The van der Waals surface area contributed by atoms with Gasteiger partial charge in [0.1, 0.15) is 0 Å². The summed E-state index contributed by atoms with van der Waals surface area (Å²) in [5, 5.41) is 3.98. The van der Waals surface area contributed by atoms with Gasteiger partial charge in [0, 0.05) is 35.7 Å². The van der Waals surface area contributed by atoms with Crippen LogP contribution in [0.25, 0.3) is 5.69 Å². The molecular formula is C20H24N4O2. The summed E-state index contributed by atoms with van der Waals surface area (Å²) in [6.45, 7) is 7.41. The van der Waals surface area contributed by atoms with Crippen molar-refractivity contribution in [2.45, 2.75) is 33.6 Å². The number of nitrogens with one attached hydrogen (secondary N) is 1. The first kappa shape index (κ1) is 17.9. The molecule has 1 aromatic heterocycles. The van der Waals surface area contributed by atoms with Crippen LogP contribution in [0.15, 0.2) is 35.4 Å². The van der Waals surface area contributed by atoms with E-state index in [0.29, 0.717) is 13.1 Å². The monoisotopic (exact) mass is 352 g/mol. The molecule has 0 atom stereocenters. The third kappa shape index (κ3) is 3.54. The number of hydrogen-bond acceptors (Lipinski definition) is 3. The predicted octanol–water partition coefficient (Wildman–Crippen LogP) is 2.48. The van der Waals surface area contributed by atoms with Crippen LogP contribution in [0.2, 0.25) is 0 Å². The molecule has 1 aliphatic heterocycles. The fraction of sp³-hybridized carbons (Fsp3) is 0.350. The molecule has 2 heterocycles. The largest absolute Gasteiger partial charge is 0.334 e. The smallest absolute Gasteiger partial charge is 0.329 e. The number of aryl methyl sites for hydroxylation is 2. The van der Waals surface area contributed by atoms with Gasteiger partial charge < -0.3 is 9.47 Å². The second-order valence-electron chi connectivity index (χ2n) is 6.65. The van der Waals surface area contributed by atoms with Gasteiger partial charge in [-0.2, -0.15) is 5.10 Å². The molecule has 0 spiro atoms. The third-order valence-corrected chi connectivity index (χ3v) is 4.78. The lowest BCUT2D eigenvalue weighted by Gasteiger charge is -2.13. The SMILES string of the molecule is Cc1ccccc1-n1c(C)cc(/C=N\NC(=O)C(=O)N2CCCC2)c1C. The molecule has 0 saturated carbocycles. The number of hydrazone groups is 1. The lowest BCUT2D eigenvalue weighted by Crippen LogP contribution is -2.39. The molecule has 0 radical (unpaired) electrons. The Bertz CT molecular complexity index is 861. The van der Waals surface area contributed by atoms with Crippen LogP contribution in [-0.2, 0) is 9.59 Å². The first-order valence-corrected chi connectivity index (χ1v) is 8.86. The highest BCUT2D eigenvalue weighted by atomic mass is 16.2. The fourth-order valence-corrected chi connectivity index (χ4v) is 3.38. The van der Waals surface area contributed by atoms with Gasteiger partial charge in [-0.3, -0.25) is 9.59 Å². The van der Waals surface area contributed by atoms with Crippen LogP contribution >= 0.6 is 0 Å². The summed E-state index contributed by atoms with van der Waals surface area (Å²) < 4.78 is 2.16. The number of carbonyl (C=O) groups excluding carboxylic acids is 2. The van der Waals surface area contributed by atoms with Crippen LogP contribution in [-0.4, -0.2) is 40.6 Å². The number of nitrogens with zero attached hydrogens (tertiary/aromatic N) is 3. The number of hydrogen-bond donors (Lipinski definition) is 1. The molecule has 2 aromatic rings. The molecule has 1 aliphatic rings. The van der Waals surface area contributed by atoms with Gasteiger partial charge in [-0.15, -0.1) is 0 Å². The molecular weight excluding hydrogens is 328 g/mol. The minimum absolute atomic E-state index is 0.509. The van der Waals surface area contributed by atoms with Crippen molar-refractivity contribution in [3.8, 4) is 5.69 Å². The molecule has 0 bridgehead atoms. The summed E-state index contributed by atoms with van der Waals surface area (Å²) in [5.74, 6) is -1.19. The molecule has 136 valence electrons. The zero-order valence-corrected chi connectivity index (χ0v) is 15.5. The van der Waals surface area contributed by atoms with E-state index in [1.54, 1.807) is 11.1 Å². The van der Waals surface area contributed by atoms with Crippen molar-refractivity contribution in [1.82, 2.24) is 14.9 Å². The lowest BCUT2D eigenvalue weighted by molar-refractivity contribution is -0.145. The van der Waals surface area contributed by atoms with E-state index in [9.17, 15) is 9.59 Å². The Morgan fingerprint density at radius 2 is 1.81 bits per heavy atom. The maximum absolute atomic E-state index is 12.0. The average Bonchev–Trinajstić information content (AvgIpc) is 3.24. The summed E-state index contributed by atoms with van der Waals surface area (Å²) in [6, 6.07) is 10.2. The number of aromatic nitrogens is 1. The molecule has 3 rings (SSSR count). The van der Waals surface area contributed by atoms with E-state index in [4.69, 9.17) is 0 Å². The number of carbonyl (C=O) groups is 2. The Hall–Kier alpha value is -2.89. The van der Waals surface area contributed by atoms with Crippen LogP contribution in [0, 0.1) is 20.8 Å². The summed E-state index contributed by atoms with van der Waals surface area (Å²) in [4.78, 5) is 25.5. The molecule has 1 fully saturated rings. The van der Waals surface area contributed by atoms with Gasteiger partial charge >= 0.3 is 11.8 Å². The molecule has 6 nitrogen and oxygen atoms in total. The zero-order chi connectivity index (χ0) is 18.7. The third-order valence-electron chi connectivity index (χ3n) is 4.78. The lowest BCUT2D eigenvalue weighted by atomic mass is 10.2. The molecule has 0 aliphatic carbocycles. The number of para-hydroxylation sites is 1. The van der Waals surface area contributed by atoms with Crippen molar-refractivity contribution in [2.24, 2.45) is 5.10 Å². The van der Waals surface area contributed by atoms with E-state index >= 15 is 0 Å². The van der Waals surface area contributed by atoms with Gasteiger partial charge in [-0.25, -0.2) is 5.43 Å². The highest BCUT2D eigenvalue weighted by molar-refractivity contribution is 6.35. The number of benzene rings is 1. The van der Waals surface area contributed by atoms with Gasteiger partial charge in [0.15, 0.2) is 0 Å². The van der Waals surface area contributed by atoms with Gasteiger partial charge in [0.2, 0.25) is 0 Å². The topological polar surface area (TPSA) is 66.7 Å². The maximum Gasteiger partial charge on any atom is 0.329 e. The molecule has 26 heavy (non-hydrogen) atoms. The zero-order valence-electron chi connectivity index (χ0n) is 15.5. The van der Waals surface area contributed by atoms with Crippen LogP contribution in [0.5, 0.6) is 0 Å². The van der Waals surface area contributed by atoms with Crippen LogP contribution in [0.4, 0.5) is 0 Å². The minimum Gasteiger partial charge on any atom is -0.334 e. The first-order valence-electron chi connectivity index (χ1n) is 8.86. The van der Waals surface area contributed by atoms with E-state index in [1.807, 2.05) is 32.0 Å². The molecule has 2 amide bonds. The fourth-order valence-electron chi connectivity index (χ4n) is 3.38. The summed E-state index contributed by atoms with van der Waals surface area (Å²) in [5.41, 5.74) is 7.66. The number of rotatable bonds is 3. The predicted molar refractivity (Wildman–Crippen MR) is 102 cm³/mol. The average molecular weight is 352 g/mol. The summed E-state index contributed by atoms with van der Waals surface area (Å²) >= 11 is 0. The molecule has 1 saturated heterocycles. The Balaban J connectivity index is 1.73. The Labute approximate surface area is 153 Å². The highest BCUT2D eigenvalue weighted by Gasteiger charge is 2.24. The van der Waals surface area contributed by atoms with Gasteiger partial charge in [0.05, 0.1) is 6.21 Å². The van der Waals surface area contributed by atoms with Gasteiger partial charge in [-0.05, 0) is 51.3 Å². The summed E-state index contributed by atoms with van der Waals surface area (Å²) in [7, 11) is 0. The van der Waals surface area contributed by atoms with Crippen LogP contribution in [0.1, 0.15) is 35.4 Å². The van der Waals surface area contributed by atoms with Crippen LogP contribution < -0.4 is 5.43 Å². The quantitative estimate of drug-likeness (QED) is 0.524. The van der Waals surface area contributed by atoms with Crippen molar-refractivity contribution >= 4 is 18.0 Å². The van der Waals surface area contributed by atoms with E-state index in [1.165, 1.54) is 5.56 Å². The van der Waals surface area contributed by atoms with E-state index < -0.39 is 11.8 Å².